The molecule has 4 saturated carbocycles. The molecule has 1 heterocycles. The standard InChI is InChI=1S/C32H49NO5/c1-21(2)38-27-9-8-22(15-26(27)31-16-23-12-24(17-31)14-25(13-23)18-31)10-11-32(19-36-30(6,7)37-20-32)33(28(34)35)29(3,4)5/h8-9,15,21,23-25H,10-14,16-20H2,1-7H3,(H,34,35). The van der Waals surface area contributed by atoms with Gasteiger partial charge in [-0.15, -0.1) is 0 Å². The predicted molar refractivity (Wildman–Crippen MR) is 149 cm³/mol. The number of carbonyl (C=O) groups is 1. The summed E-state index contributed by atoms with van der Waals surface area (Å²) < 4.78 is 18.6. The lowest BCUT2D eigenvalue weighted by Crippen LogP contribution is -2.67. The molecule has 0 aromatic heterocycles. The number of hydrogen-bond donors (Lipinski definition) is 1. The van der Waals surface area contributed by atoms with Gasteiger partial charge in [0.2, 0.25) is 0 Å². The van der Waals surface area contributed by atoms with Crippen LogP contribution in [-0.2, 0) is 21.3 Å². The van der Waals surface area contributed by atoms with Crippen LogP contribution in [0.5, 0.6) is 5.75 Å². The predicted octanol–water partition coefficient (Wildman–Crippen LogP) is 7.17. The lowest BCUT2D eigenvalue weighted by molar-refractivity contribution is -0.289. The molecule has 1 saturated heterocycles. The smallest absolute Gasteiger partial charge is 0.408 e. The fourth-order valence-corrected chi connectivity index (χ4v) is 8.61. The molecule has 4 aliphatic carbocycles. The molecule has 6 nitrogen and oxygen atoms in total. The quantitative estimate of drug-likeness (QED) is 0.407. The Balaban J connectivity index is 1.46. The zero-order valence-electron chi connectivity index (χ0n) is 24.6. The summed E-state index contributed by atoms with van der Waals surface area (Å²) in [6, 6.07) is 6.78. The molecule has 212 valence electrons. The highest BCUT2D eigenvalue weighted by Gasteiger charge is 2.53. The van der Waals surface area contributed by atoms with E-state index in [1.54, 1.807) is 4.90 Å². The first kappa shape index (κ1) is 27.8. The minimum atomic E-state index is -0.931. The van der Waals surface area contributed by atoms with Crippen LogP contribution in [0.25, 0.3) is 0 Å². The Morgan fingerprint density at radius 2 is 1.61 bits per heavy atom. The van der Waals surface area contributed by atoms with Crippen molar-refractivity contribution in [3.05, 3.63) is 29.3 Å². The van der Waals surface area contributed by atoms with Gasteiger partial charge in [-0.1, -0.05) is 12.1 Å². The van der Waals surface area contributed by atoms with E-state index >= 15 is 0 Å². The molecular weight excluding hydrogens is 478 g/mol. The molecular formula is C32H49NO5. The molecule has 0 unspecified atom stereocenters. The van der Waals surface area contributed by atoms with Crippen molar-refractivity contribution < 1.29 is 24.1 Å². The van der Waals surface area contributed by atoms with Gasteiger partial charge in [0.1, 0.15) is 5.75 Å². The van der Waals surface area contributed by atoms with Gasteiger partial charge >= 0.3 is 6.09 Å². The number of carboxylic acid groups (broad SMARTS) is 1. The molecule has 5 fully saturated rings. The highest BCUT2D eigenvalue weighted by molar-refractivity contribution is 5.67. The number of aryl methyl sites for hydroxylation is 1. The van der Waals surface area contributed by atoms with Crippen molar-refractivity contribution in [1.82, 2.24) is 4.90 Å². The van der Waals surface area contributed by atoms with Crippen LogP contribution in [0.3, 0.4) is 0 Å². The van der Waals surface area contributed by atoms with Gasteiger partial charge in [-0.25, -0.2) is 4.79 Å². The van der Waals surface area contributed by atoms with Crippen LogP contribution >= 0.6 is 0 Å². The fraction of sp³-hybridized carbons (Fsp3) is 0.781. The molecule has 4 bridgehead atoms. The molecule has 1 aliphatic heterocycles. The molecule has 5 aliphatic rings. The third kappa shape index (κ3) is 5.32. The summed E-state index contributed by atoms with van der Waals surface area (Å²) in [5.74, 6) is 2.91. The highest BCUT2D eigenvalue weighted by Crippen LogP contribution is 2.62. The monoisotopic (exact) mass is 527 g/mol. The number of ether oxygens (including phenoxy) is 3. The van der Waals surface area contributed by atoms with Crippen molar-refractivity contribution in [1.29, 1.82) is 0 Å². The van der Waals surface area contributed by atoms with Crippen molar-refractivity contribution >= 4 is 6.09 Å². The van der Waals surface area contributed by atoms with Crippen LogP contribution in [-0.4, -0.2) is 52.3 Å². The summed E-state index contributed by atoms with van der Waals surface area (Å²) in [7, 11) is 0. The first-order chi connectivity index (χ1) is 17.7. The Morgan fingerprint density at radius 3 is 2.08 bits per heavy atom. The summed E-state index contributed by atoms with van der Waals surface area (Å²) in [4.78, 5) is 14.2. The molecule has 6 rings (SSSR count). The first-order valence-corrected chi connectivity index (χ1v) is 14.8. The van der Waals surface area contributed by atoms with Gasteiger partial charge in [0.15, 0.2) is 5.79 Å². The van der Waals surface area contributed by atoms with Crippen LogP contribution < -0.4 is 4.74 Å². The van der Waals surface area contributed by atoms with Crippen molar-refractivity contribution in [3.8, 4) is 5.75 Å². The van der Waals surface area contributed by atoms with E-state index < -0.39 is 23.0 Å². The summed E-state index contributed by atoms with van der Waals surface area (Å²) in [5.41, 5.74) is 1.54. The van der Waals surface area contributed by atoms with Gasteiger partial charge in [0.05, 0.1) is 24.9 Å². The van der Waals surface area contributed by atoms with Crippen molar-refractivity contribution in [2.45, 2.75) is 128 Å². The van der Waals surface area contributed by atoms with E-state index in [9.17, 15) is 9.90 Å². The molecule has 1 amide bonds. The highest BCUT2D eigenvalue weighted by atomic mass is 16.7. The molecule has 0 radical (unpaired) electrons. The lowest BCUT2D eigenvalue weighted by Gasteiger charge is -2.57. The summed E-state index contributed by atoms with van der Waals surface area (Å²) in [6.07, 6.45) is 8.69. The Morgan fingerprint density at radius 1 is 1.05 bits per heavy atom. The van der Waals surface area contributed by atoms with Gasteiger partial charge in [0, 0.05) is 11.1 Å². The van der Waals surface area contributed by atoms with Crippen LogP contribution in [0, 0.1) is 17.8 Å². The molecule has 0 spiro atoms. The van der Waals surface area contributed by atoms with Crippen LogP contribution in [0.15, 0.2) is 18.2 Å². The van der Waals surface area contributed by atoms with E-state index in [2.05, 4.69) is 32.0 Å². The van der Waals surface area contributed by atoms with E-state index in [0.717, 1.165) is 29.9 Å². The summed E-state index contributed by atoms with van der Waals surface area (Å²) in [5, 5.41) is 10.3. The average molecular weight is 528 g/mol. The molecule has 1 aromatic carbocycles. The molecule has 1 N–H and O–H groups in total. The van der Waals surface area contributed by atoms with Gasteiger partial charge in [-0.3, -0.25) is 4.90 Å². The van der Waals surface area contributed by atoms with E-state index in [4.69, 9.17) is 14.2 Å². The second-order valence-corrected chi connectivity index (χ2v) is 14.7. The Kier molecular flexibility index (Phi) is 7.08. The van der Waals surface area contributed by atoms with Gasteiger partial charge in [0.25, 0.3) is 0 Å². The maximum Gasteiger partial charge on any atom is 0.408 e. The van der Waals surface area contributed by atoms with E-state index in [1.807, 2.05) is 34.6 Å². The molecule has 38 heavy (non-hydrogen) atoms. The number of rotatable bonds is 7. The Labute approximate surface area is 229 Å². The number of amides is 1. The van der Waals surface area contributed by atoms with E-state index in [1.165, 1.54) is 49.7 Å². The largest absolute Gasteiger partial charge is 0.491 e. The number of nitrogens with zero attached hydrogens (tertiary/aromatic N) is 1. The Hall–Kier alpha value is -1.79. The van der Waals surface area contributed by atoms with Gasteiger partial charge < -0.3 is 19.3 Å². The zero-order chi connectivity index (χ0) is 27.5. The van der Waals surface area contributed by atoms with Crippen LogP contribution in [0.1, 0.15) is 105 Å². The second-order valence-electron chi connectivity index (χ2n) is 14.7. The van der Waals surface area contributed by atoms with Crippen molar-refractivity contribution in [2.24, 2.45) is 17.8 Å². The zero-order valence-corrected chi connectivity index (χ0v) is 24.6. The van der Waals surface area contributed by atoms with Crippen molar-refractivity contribution in [2.75, 3.05) is 13.2 Å². The van der Waals surface area contributed by atoms with Crippen molar-refractivity contribution in [3.63, 3.8) is 0 Å². The normalized spacial score (nSPS) is 31.4. The molecule has 1 aromatic rings. The SMILES string of the molecule is CC(C)Oc1ccc(CCC2(N(C(=O)O)C(C)(C)C)COC(C)(C)OC2)cc1C12CC3CC(CC(C3)C1)C2. The van der Waals surface area contributed by atoms with E-state index in [-0.39, 0.29) is 11.5 Å². The lowest BCUT2D eigenvalue weighted by atomic mass is 9.48. The van der Waals surface area contributed by atoms with Crippen LogP contribution in [0.4, 0.5) is 4.79 Å². The average Bonchev–Trinajstić information content (AvgIpc) is 2.78. The molecule has 6 heteroatoms. The summed E-state index contributed by atoms with van der Waals surface area (Å²) >= 11 is 0. The third-order valence-electron chi connectivity index (χ3n) is 9.61. The third-order valence-corrected chi connectivity index (χ3v) is 9.61. The molecule has 0 atom stereocenters. The first-order valence-electron chi connectivity index (χ1n) is 14.8. The number of hydrogen-bond acceptors (Lipinski definition) is 4. The van der Waals surface area contributed by atoms with Crippen LogP contribution in [0.2, 0.25) is 0 Å². The fourth-order valence-electron chi connectivity index (χ4n) is 8.61. The minimum absolute atomic E-state index is 0.132. The summed E-state index contributed by atoms with van der Waals surface area (Å²) in [6.45, 7) is 14.5. The van der Waals surface area contributed by atoms with Gasteiger partial charge in [-0.2, -0.15) is 0 Å². The number of benzene rings is 1. The topological polar surface area (TPSA) is 68.2 Å². The maximum atomic E-state index is 12.6. The van der Waals surface area contributed by atoms with E-state index in [0.29, 0.717) is 19.6 Å². The minimum Gasteiger partial charge on any atom is -0.491 e. The van der Waals surface area contributed by atoms with Gasteiger partial charge in [-0.05, 0) is 135 Å². The Bertz CT molecular complexity index is 993. The maximum absolute atomic E-state index is 12.6. The second kappa shape index (κ2) is 9.69.